The van der Waals surface area contributed by atoms with Crippen LogP contribution in [0.4, 0.5) is 0 Å². The predicted octanol–water partition coefficient (Wildman–Crippen LogP) is 2.25. The van der Waals surface area contributed by atoms with E-state index in [4.69, 9.17) is 49.7 Å². The number of aromatic amines is 1. The number of rotatable bonds is 14. The van der Waals surface area contributed by atoms with Gasteiger partial charge in [-0.15, -0.1) is 0 Å². The monoisotopic (exact) mass is 827 g/mol. The Labute approximate surface area is 342 Å². The lowest BCUT2D eigenvalue weighted by Crippen LogP contribution is -2.66. The summed E-state index contributed by atoms with van der Waals surface area (Å²) in [5, 5.41) is 52.8. The molecule has 3 aliphatic heterocycles. The van der Waals surface area contributed by atoms with Gasteiger partial charge in [0.2, 0.25) is 12.0 Å². The SMILES string of the molecule is COc1ccc2c(c1OCCO)OC1c3c(cc(OC4OC(C(OC(=O)CC(=O)O)C(N)N)C(O)C(O)C4O)cc3-c3c[nH]c4ccccc34)OC(Cc3ccccc3)C21. The molecule has 9 unspecified atom stereocenters. The summed E-state index contributed by atoms with van der Waals surface area (Å²) in [7, 11) is 1.52. The number of para-hydroxylation sites is 1. The highest BCUT2D eigenvalue weighted by atomic mass is 16.7. The molecule has 1 aromatic heterocycles. The van der Waals surface area contributed by atoms with Crippen LogP contribution in [-0.4, -0.2) is 112 Å². The van der Waals surface area contributed by atoms with Crippen molar-refractivity contribution in [3.05, 3.63) is 102 Å². The van der Waals surface area contributed by atoms with Gasteiger partial charge in [0.05, 0.1) is 25.8 Å². The number of hydrogen-bond donors (Lipinski definition) is 8. The Morgan fingerprint density at radius 3 is 2.42 bits per heavy atom. The number of esters is 1. The molecule has 1 fully saturated rings. The standard InChI is InChI=1S/C43H45N3O14/c1-54-27-12-11-23-32-28(15-20-7-3-2-4-8-20)57-29-17-21(56-43-36(53)34(51)35(52)40(60-43)41(42(44)45)58-31(50)18-30(48)49)16-24(25-19-46-26-10-6-5-9-22(25)26)33(29)39(32)59-37(23)38(27)55-14-13-47/h2-12,16-17,19,28,32,34-36,39-43,46-47,51-53H,13-15,18,44-45H2,1H3,(H,48,49). The molecule has 4 aromatic carbocycles. The van der Waals surface area contributed by atoms with Crippen LogP contribution in [0.1, 0.15) is 35.1 Å². The lowest BCUT2D eigenvalue weighted by atomic mass is 9.79. The maximum atomic E-state index is 12.4. The molecular formula is C43H45N3O14. The first-order chi connectivity index (χ1) is 29.0. The van der Waals surface area contributed by atoms with E-state index in [1.165, 1.54) is 7.11 Å². The van der Waals surface area contributed by atoms with Gasteiger partial charge in [0, 0.05) is 46.3 Å². The van der Waals surface area contributed by atoms with Gasteiger partial charge in [0.1, 0.15) is 61.2 Å². The van der Waals surface area contributed by atoms with Gasteiger partial charge in [0.25, 0.3) is 0 Å². The largest absolute Gasteiger partial charge is 0.493 e. The molecule has 5 aromatic rings. The minimum absolute atomic E-state index is 0.00225. The molecule has 8 rings (SSSR count). The molecule has 17 nitrogen and oxygen atoms in total. The Balaban J connectivity index is 1.24. The second-order valence-electron chi connectivity index (χ2n) is 14.8. The number of aliphatic hydroxyl groups is 4. The van der Waals surface area contributed by atoms with Gasteiger partial charge in [-0.05, 0) is 29.3 Å². The van der Waals surface area contributed by atoms with E-state index < -0.39 is 73.5 Å². The summed E-state index contributed by atoms with van der Waals surface area (Å²) in [6.45, 7) is -0.237. The molecule has 0 radical (unpaired) electrons. The number of nitrogens with two attached hydrogens (primary N) is 2. The van der Waals surface area contributed by atoms with Gasteiger partial charge in [0.15, 0.2) is 17.6 Å². The minimum atomic E-state index is -1.91. The Bertz CT molecular complexity index is 2350. The van der Waals surface area contributed by atoms with Gasteiger partial charge < -0.3 is 75.1 Å². The first kappa shape index (κ1) is 40.8. The fourth-order valence-electron chi connectivity index (χ4n) is 8.27. The van der Waals surface area contributed by atoms with Crippen molar-refractivity contribution in [2.75, 3.05) is 20.3 Å². The van der Waals surface area contributed by atoms with Crippen molar-refractivity contribution in [3.63, 3.8) is 0 Å². The van der Waals surface area contributed by atoms with Crippen LogP contribution in [0.5, 0.6) is 28.7 Å². The van der Waals surface area contributed by atoms with Crippen molar-refractivity contribution in [2.45, 2.75) is 73.9 Å². The summed E-state index contributed by atoms with van der Waals surface area (Å²) in [6, 6.07) is 24.6. The van der Waals surface area contributed by atoms with Gasteiger partial charge in [-0.25, -0.2) is 0 Å². The molecule has 3 aliphatic rings. The highest BCUT2D eigenvalue weighted by molar-refractivity contribution is 5.97. The van der Waals surface area contributed by atoms with Crippen LogP contribution in [0.25, 0.3) is 22.0 Å². The maximum Gasteiger partial charge on any atom is 0.317 e. The quantitative estimate of drug-likeness (QED) is 0.0453. The van der Waals surface area contributed by atoms with E-state index in [1.54, 1.807) is 18.2 Å². The van der Waals surface area contributed by atoms with Gasteiger partial charge in [-0.3, -0.25) is 9.59 Å². The first-order valence-electron chi connectivity index (χ1n) is 19.3. The molecule has 0 aliphatic carbocycles. The third-order valence-electron chi connectivity index (χ3n) is 11.0. The summed E-state index contributed by atoms with van der Waals surface area (Å²) < 4.78 is 43.1. The number of methoxy groups -OCH3 is 1. The van der Waals surface area contributed by atoms with Crippen LogP contribution in [0.3, 0.4) is 0 Å². The van der Waals surface area contributed by atoms with Crippen LogP contribution < -0.4 is 35.2 Å². The normalized spacial score (nSPS) is 24.7. The van der Waals surface area contributed by atoms with E-state index in [0.29, 0.717) is 40.5 Å². The second-order valence-corrected chi connectivity index (χ2v) is 14.8. The van der Waals surface area contributed by atoms with Crippen molar-refractivity contribution in [1.82, 2.24) is 4.98 Å². The number of hydrogen-bond acceptors (Lipinski definition) is 15. The van der Waals surface area contributed by atoms with Crippen LogP contribution in [0.15, 0.2) is 85.1 Å². The van der Waals surface area contributed by atoms with Crippen LogP contribution in [0.2, 0.25) is 0 Å². The molecule has 60 heavy (non-hydrogen) atoms. The highest BCUT2D eigenvalue weighted by Crippen LogP contribution is 2.60. The fourth-order valence-corrected chi connectivity index (χ4v) is 8.27. The van der Waals surface area contributed by atoms with Gasteiger partial charge >= 0.3 is 11.9 Å². The summed E-state index contributed by atoms with van der Waals surface area (Å²) in [6.07, 6.45) is -12.0. The number of carbonyl (C=O) groups is 2. The molecule has 0 saturated carbocycles. The van der Waals surface area contributed by atoms with E-state index >= 15 is 0 Å². The molecule has 10 N–H and O–H groups in total. The number of aromatic nitrogens is 1. The predicted molar refractivity (Wildman–Crippen MR) is 212 cm³/mol. The maximum absolute atomic E-state index is 12.4. The number of carboxylic acids is 1. The molecule has 0 bridgehead atoms. The Morgan fingerprint density at radius 2 is 1.68 bits per heavy atom. The average molecular weight is 828 g/mol. The summed E-state index contributed by atoms with van der Waals surface area (Å²) in [4.78, 5) is 26.9. The van der Waals surface area contributed by atoms with E-state index in [9.17, 15) is 30.0 Å². The highest BCUT2D eigenvalue weighted by Gasteiger charge is 2.52. The fraction of sp³-hybridized carbons (Fsp3) is 0.349. The first-order valence-corrected chi connectivity index (χ1v) is 19.3. The Kier molecular flexibility index (Phi) is 11.6. The number of nitrogens with one attached hydrogen (secondary N) is 1. The number of aliphatic carboxylic acids is 1. The van der Waals surface area contributed by atoms with Gasteiger partial charge in [-0.1, -0.05) is 54.6 Å². The Morgan fingerprint density at radius 1 is 0.917 bits per heavy atom. The van der Waals surface area contributed by atoms with Crippen LogP contribution in [0, 0.1) is 0 Å². The zero-order chi connectivity index (χ0) is 42.2. The number of H-pyrrole nitrogens is 1. The van der Waals surface area contributed by atoms with Crippen molar-refractivity contribution < 1.29 is 68.3 Å². The molecule has 4 heterocycles. The molecule has 0 spiro atoms. The molecule has 316 valence electrons. The number of carbonyl (C=O) groups excluding carboxylic acids is 1. The van der Waals surface area contributed by atoms with Gasteiger partial charge in [-0.2, -0.15) is 0 Å². The number of fused-ring (bicyclic) bond motifs is 6. The molecule has 9 atom stereocenters. The van der Waals surface area contributed by atoms with Crippen LogP contribution in [-0.2, 0) is 25.5 Å². The van der Waals surface area contributed by atoms with Crippen molar-refractivity contribution in [3.8, 4) is 39.9 Å². The Hall–Kier alpha value is -5.92. The molecule has 0 amide bonds. The lowest BCUT2D eigenvalue weighted by molar-refractivity contribution is -0.291. The number of benzene rings is 4. The number of ether oxygens (including phenoxy) is 7. The van der Waals surface area contributed by atoms with Crippen LogP contribution >= 0.6 is 0 Å². The average Bonchev–Trinajstić information content (AvgIpc) is 3.84. The summed E-state index contributed by atoms with van der Waals surface area (Å²) in [5.41, 5.74) is 16.5. The third-order valence-corrected chi connectivity index (χ3v) is 11.0. The summed E-state index contributed by atoms with van der Waals surface area (Å²) >= 11 is 0. The minimum Gasteiger partial charge on any atom is -0.493 e. The lowest BCUT2D eigenvalue weighted by Gasteiger charge is -2.43. The summed E-state index contributed by atoms with van der Waals surface area (Å²) in [5.74, 6) is -1.37. The van der Waals surface area contributed by atoms with E-state index in [2.05, 4.69) is 4.98 Å². The number of carboxylic acid groups (broad SMARTS) is 1. The molecular weight excluding hydrogens is 782 g/mol. The molecule has 1 saturated heterocycles. The topological polar surface area (TPSA) is 268 Å². The van der Waals surface area contributed by atoms with Crippen molar-refractivity contribution in [1.29, 1.82) is 0 Å². The van der Waals surface area contributed by atoms with Crippen molar-refractivity contribution in [2.24, 2.45) is 11.5 Å². The zero-order valence-corrected chi connectivity index (χ0v) is 32.2. The van der Waals surface area contributed by atoms with Crippen molar-refractivity contribution >= 4 is 22.8 Å². The smallest absolute Gasteiger partial charge is 0.317 e. The second kappa shape index (κ2) is 17.0. The van der Waals surface area contributed by atoms with E-state index in [0.717, 1.165) is 27.6 Å². The zero-order valence-electron chi connectivity index (χ0n) is 32.2. The van der Waals surface area contributed by atoms with E-state index in [-0.39, 0.29) is 24.9 Å². The molecule has 17 heteroatoms. The number of aliphatic hydroxyl groups excluding tert-OH is 4. The third kappa shape index (κ3) is 7.67. The van der Waals surface area contributed by atoms with E-state index in [1.807, 2.05) is 66.9 Å².